The maximum absolute atomic E-state index is 3.69. The van der Waals surface area contributed by atoms with E-state index < -0.39 is 0 Å². The summed E-state index contributed by atoms with van der Waals surface area (Å²) in [6.07, 6.45) is 31.1. The highest BCUT2D eigenvalue weighted by atomic mass is 79.9. The van der Waals surface area contributed by atoms with E-state index in [-0.39, 0.29) is 5.41 Å². The minimum absolute atomic E-state index is 0.0558. The zero-order valence-electron chi connectivity index (χ0n) is 42.1. The molecule has 0 bridgehead atoms. The number of allylic oxidation sites excluding steroid dienone is 8. The molecule has 9 rings (SSSR count). The normalized spacial score (nSPS) is 15.6. The highest BCUT2D eigenvalue weighted by molar-refractivity contribution is 9.11. The molecule has 0 aliphatic heterocycles. The lowest BCUT2D eigenvalue weighted by atomic mass is 9.66. The van der Waals surface area contributed by atoms with Gasteiger partial charge >= 0.3 is 0 Å². The third-order valence-corrected chi connectivity index (χ3v) is 16.2. The van der Waals surface area contributed by atoms with Crippen LogP contribution < -0.4 is 9.80 Å². The Morgan fingerprint density at radius 1 is 0.529 bits per heavy atom. The Balaban J connectivity index is 0.00000102. The van der Waals surface area contributed by atoms with E-state index in [1.807, 2.05) is 36.4 Å². The Kier molecular flexibility index (Phi) is 18.9. The van der Waals surface area contributed by atoms with Crippen LogP contribution >= 0.6 is 31.9 Å². The van der Waals surface area contributed by atoms with Gasteiger partial charge in [0.25, 0.3) is 0 Å². The van der Waals surface area contributed by atoms with Gasteiger partial charge in [0, 0.05) is 51.3 Å². The summed E-state index contributed by atoms with van der Waals surface area (Å²) in [5.41, 5.74) is 16.5. The van der Waals surface area contributed by atoms with Crippen LogP contribution in [0.4, 0.5) is 22.7 Å². The topological polar surface area (TPSA) is 6.48 Å². The van der Waals surface area contributed by atoms with E-state index in [0.29, 0.717) is 5.92 Å². The second-order valence-electron chi connectivity index (χ2n) is 19.7. The lowest BCUT2D eigenvalue weighted by Gasteiger charge is -2.37. The summed E-state index contributed by atoms with van der Waals surface area (Å²) in [5, 5.41) is 0. The average molecular weight is 1060 g/mol. The van der Waals surface area contributed by atoms with Crippen LogP contribution in [-0.4, -0.2) is 7.05 Å². The first kappa shape index (κ1) is 51.2. The van der Waals surface area contributed by atoms with Crippen molar-refractivity contribution < 1.29 is 0 Å². The number of unbranched alkanes of at least 4 members (excludes halogenated alkanes) is 10. The predicted molar refractivity (Wildman–Crippen MR) is 311 cm³/mol. The second-order valence-corrected chi connectivity index (χ2v) is 21.6. The number of rotatable bonds is 21. The van der Waals surface area contributed by atoms with Crippen LogP contribution in [0.5, 0.6) is 0 Å². The highest BCUT2D eigenvalue weighted by Gasteiger charge is 2.45. The van der Waals surface area contributed by atoms with Gasteiger partial charge in [-0.05, 0) is 143 Å². The Hall–Kier alpha value is -5.16. The van der Waals surface area contributed by atoms with E-state index in [1.165, 1.54) is 134 Å². The molecule has 0 amide bonds. The summed E-state index contributed by atoms with van der Waals surface area (Å²) in [6.45, 7) is 4.66. The van der Waals surface area contributed by atoms with Crippen molar-refractivity contribution in [1.82, 2.24) is 0 Å². The molecule has 3 aliphatic rings. The number of fused-ring (bicyclic) bond motifs is 2. The first-order valence-electron chi connectivity index (χ1n) is 26.6. The summed E-state index contributed by atoms with van der Waals surface area (Å²) >= 11 is 7.33. The largest absolute Gasteiger partial charge is 0.348 e. The van der Waals surface area contributed by atoms with Crippen LogP contribution in [0.3, 0.4) is 0 Å². The van der Waals surface area contributed by atoms with Crippen LogP contribution in [0.25, 0.3) is 16.7 Å². The molecule has 0 aromatic heterocycles. The third kappa shape index (κ3) is 12.8. The van der Waals surface area contributed by atoms with Crippen molar-refractivity contribution in [3.05, 3.63) is 219 Å². The molecule has 1 atom stereocenters. The SMILES string of the molecule is CCCCCCCCC1(CCCCCCCC)C2=C(C=CC(c3ccc(N(C)C4=CC=C(Br)CC4)cc3)C2)c2ccc(-c3ccc(N(c4ccccc4)c4ccc(Br)cc4)cc3)cc21.c1ccccc1. The number of nitrogens with zero attached hydrogens (tertiary/aromatic N) is 2. The van der Waals surface area contributed by atoms with Gasteiger partial charge in [-0.25, -0.2) is 0 Å². The van der Waals surface area contributed by atoms with Gasteiger partial charge in [-0.3, -0.25) is 0 Å². The molecular formula is C66H74Br2N2. The maximum atomic E-state index is 3.69. The molecule has 0 saturated carbocycles. The van der Waals surface area contributed by atoms with Gasteiger partial charge in [-0.15, -0.1) is 0 Å². The van der Waals surface area contributed by atoms with E-state index in [2.05, 4.69) is 208 Å². The Labute approximate surface area is 438 Å². The zero-order valence-corrected chi connectivity index (χ0v) is 45.2. The van der Waals surface area contributed by atoms with Crippen molar-refractivity contribution >= 4 is 60.2 Å². The standard InChI is InChI=1S/C60H68Br2N2.C6H6/c1-4-6-8-10-12-17-41-60(42-18-13-11-9-7-5-2)58-43-47(45-21-31-51(32-22-45)63(3)52-35-27-49(61)28-36-52)25-39-56(58)57-40-26-48(44-59(57)60)46-23-33-54(34-24-46)64(53-19-15-14-16-20-53)55-37-29-50(62)30-38-55;1-2-4-6-5-3-1/h14-16,19-27,29-35,37-40,44,47H,4-13,17-18,28,36,41-43H2,1-3H3;1-6H. The molecule has 0 N–H and O–H groups in total. The number of anilines is 4. The molecule has 2 nitrogen and oxygen atoms in total. The van der Waals surface area contributed by atoms with Crippen LogP contribution in [0.15, 0.2) is 202 Å². The van der Waals surface area contributed by atoms with Crippen molar-refractivity contribution in [2.45, 2.75) is 134 Å². The maximum Gasteiger partial charge on any atom is 0.0462 e. The van der Waals surface area contributed by atoms with Crippen LogP contribution in [0, 0.1) is 0 Å². The fraction of sp³-hybridized carbons (Fsp3) is 0.333. The monoisotopic (exact) mass is 1050 g/mol. The van der Waals surface area contributed by atoms with Gasteiger partial charge in [0.2, 0.25) is 0 Å². The molecule has 0 saturated heterocycles. The van der Waals surface area contributed by atoms with E-state index in [0.717, 1.165) is 40.8 Å². The van der Waals surface area contributed by atoms with Gasteiger partial charge < -0.3 is 9.80 Å². The number of halogens is 2. The first-order valence-corrected chi connectivity index (χ1v) is 28.1. The fourth-order valence-electron chi connectivity index (χ4n) is 11.1. The predicted octanol–water partition coefficient (Wildman–Crippen LogP) is 20.9. The van der Waals surface area contributed by atoms with Gasteiger partial charge in [0.05, 0.1) is 0 Å². The summed E-state index contributed by atoms with van der Waals surface area (Å²) in [7, 11) is 2.21. The lowest BCUT2D eigenvalue weighted by Crippen LogP contribution is -2.28. The Bertz CT molecular complexity index is 2630. The van der Waals surface area contributed by atoms with E-state index >= 15 is 0 Å². The van der Waals surface area contributed by atoms with E-state index in [9.17, 15) is 0 Å². The highest BCUT2D eigenvalue weighted by Crippen LogP contribution is 2.58. The van der Waals surface area contributed by atoms with Crippen molar-refractivity contribution in [2.75, 3.05) is 16.8 Å². The molecule has 3 aliphatic carbocycles. The quantitative estimate of drug-likeness (QED) is 0.0663. The van der Waals surface area contributed by atoms with E-state index in [4.69, 9.17) is 0 Å². The Morgan fingerprint density at radius 2 is 1.06 bits per heavy atom. The molecule has 6 aromatic rings. The zero-order chi connectivity index (χ0) is 48.5. The van der Waals surface area contributed by atoms with Gasteiger partial charge in [0.1, 0.15) is 0 Å². The molecule has 70 heavy (non-hydrogen) atoms. The van der Waals surface area contributed by atoms with Crippen molar-refractivity contribution in [3.8, 4) is 11.1 Å². The third-order valence-electron chi connectivity index (χ3n) is 15.0. The van der Waals surface area contributed by atoms with Crippen molar-refractivity contribution in [2.24, 2.45) is 0 Å². The molecule has 0 spiro atoms. The van der Waals surface area contributed by atoms with Crippen LogP contribution in [-0.2, 0) is 5.41 Å². The number of para-hydroxylation sites is 1. The lowest BCUT2D eigenvalue weighted by molar-refractivity contribution is 0.378. The second kappa shape index (κ2) is 25.8. The summed E-state index contributed by atoms with van der Waals surface area (Å²) in [4.78, 5) is 4.71. The van der Waals surface area contributed by atoms with Crippen molar-refractivity contribution in [3.63, 3.8) is 0 Å². The minimum atomic E-state index is 0.0558. The molecular weight excluding hydrogens is 981 g/mol. The molecule has 0 fully saturated rings. The fourth-order valence-corrected chi connectivity index (χ4v) is 11.7. The van der Waals surface area contributed by atoms with Gasteiger partial charge in [-0.1, -0.05) is 238 Å². The van der Waals surface area contributed by atoms with Crippen molar-refractivity contribution in [1.29, 1.82) is 0 Å². The molecule has 362 valence electrons. The van der Waals surface area contributed by atoms with Gasteiger partial charge in [-0.2, -0.15) is 0 Å². The summed E-state index contributed by atoms with van der Waals surface area (Å²) in [6, 6.07) is 57.7. The van der Waals surface area contributed by atoms with Crippen LogP contribution in [0.1, 0.15) is 146 Å². The number of hydrogen-bond donors (Lipinski definition) is 0. The number of hydrogen-bond acceptors (Lipinski definition) is 2. The molecule has 0 radical (unpaired) electrons. The number of benzene rings is 6. The molecule has 6 aromatic carbocycles. The smallest absolute Gasteiger partial charge is 0.0462 e. The molecule has 4 heteroatoms. The first-order chi connectivity index (χ1) is 34.4. The summed E-state index contributed by atoms with van der Waals surface area (Å²) in [5.74, 6) is 0.374. The van der Waals surface area contributed by atoms with E-state index in [1.54, 1.807) is 11.1 Å². The Morgan fingerprint density at radius 3 is 1.64 bits per heavy atom. The van der Waals surface area contributed by atoms with Crippen LogP contribution in [0.2, 0.25) is 0 Å². The molecule has 0 heterocycles. The summed E-state index contributed by atoms with van der Waals surface area (Å²) < 4.78 is 2.37. The van der Waals surface area contributed by atoms with Gasteiger partial charge in [0.15, 0.2) is 0 Å². The molecule has 1 unspecified atom stereocenters. The minimum Gasteiger partial charge on any atom is -0.348 e. The average Bonchev–Trinajstić information content (AvgIpc) is 3.68.